The van der Waals surface area contributed by atoms with E-state index in [4.69, 9.17) is 0 Å². The van der Waals surface area contributed by atoms with Crippen LogP contribution in [0.4, 0.5) is 0 Å². The molecule has 0 aliphatic carbocycles. The molecule has 0 bridgehead atoms. The molecule has 0 aromatic rings. The highest BCUT2D eigenvalue weighted by molar-refractivity contribution is 5.44. The van der Waals surface area contributed by atoms with Crippen LogP contribution in [0.15, 0.2) is 6.08 Å². The van der Waals surface area contributed by atoms with Gasteiger partial charge in [0, 0.05) is 0 Å². The van der Waals surface area contributed by atoms with Crippen molar-refractivity contribution >= 4 is 5.94 Å². The van der Waals surface area contributed by atoms with Gasteiger partial charge < -0.3 is 0 Å². The van der Waals surface area contributed by atoms with Crippen LogP contribution >= 0.6 is 0 Å². The topological polar surface area (TPSA) is 17.1 Å². The van der Waals surface area contributed by atoms with Gasteiger partial charge in [-0.15, -0.1) is 0 Å². The van der Waals surface area contributed by atoms with Crippen molar-refractivity contribution in [1.82, 2.24) is 0 Å². The van der Waals surface area contributed by atoms with Crippen LogP contribution in [0.1, 0.15) is 103 Å². The van der Waals surface area contributed by atoms with E-state index < -0.39 is 0 Å². The summed E-state index contributed by atoms with van der Waals surface area (Å²) in [5, 5.41) is 0. The average Bonchev–Trinajstić information content (AvgIpc) is 2.43. The minimum atomic E-state index is 0.918. The lowest BCUT2D eigenvalue weighted by molar-refractivity contribution is 0.536. The van der Waals surface area contributed by atoms with E-state index >= 15 is 0 Å². The number of hydrogen-bond acceptors (Lipinski definition) is 1. The van der Waals surface area contributed by atoms with Crippen molar-refractivity contribution in [1.29, 1.82) is 0 Å². The molecule has 0 aliphatic rings. The van der Waals surface area contributed by atoms with E-state index in [1.54, 1.807) is 6.08 Å². The molecule has 0 radical (unpaired) electrons. The van der Waals surface area contributed by atoms with E-state index in [1.165, 1.54) is 83.5 Å². The largest absolute Gasteiger partial charge is 0.234 e. The van der Waals surface area contributed by atoms with E-state index in [2.05, 4.69) is 6.92 Å². The number of hydrogen-bond donors (Lipinski definition) is 0. The Morgan fingerprint density at radius 2 is 1.00 bits per heavy atom. The summed E-state index contributed by atoms with van der Waals surface area (Å²) in [6.45, 7) is 2.28. The minimum absolute atomic E-state index is 0.918. The Kier molecular flexibility index (Phi) is 16.9. The molecule has 19 heavy (non-hydrogen) atoms. The van der Waals surface area contributed by atoms with Crippen molar-refractivity contribution in [3.63, 3.8) is 0 Å². The van der Waals surface area contributed by atoms with Crippen LogP contribution in [0.3, 0.4) is 0 Å². The van der Waals surface area contributed by atoms with Crippen LogP contribution in [0, 0.1) is 0 Å². The van der Waals surface area contributed by atoms with Crippen LogP contribution in [-0.4, -0.2) is 5.94 Å². The molecule has 0 unspecified atom stereocenters. The number of carbonyl (C=O) groups excluding carboxylic acids is 1. The first-order valence-corrected chi connectivity index (χ1v) is 8.61. The van der Waals surface area contributed by atoms with Gasteiger partial charge in [0.2, 0.25) is 0 Å². The van der Waals surface area contributed by atoms with Crippen molar-refractivity contribution in [2.75, 3.05) is 0 Å². The van der Waals surface area contributed by atoms with Crippen molar-refractivity contribution in [2.45, 2.75) is 103 Å². The van der Waals surface area contributed by atoms with Gasteiger partial charge in [-0.2, -0.15) is 0 Å². The molecule has 0 saturated carbocycles. The van der Waals surface area contributed by atoms with Crippen LogP contribution in [0.2, 0.25) is 0 Å². The van der Waals surface area contributed by atoms with Gasteiger partial charge >= 0.3 is 0 Å². The van der Waals surface area contributed by atoms with Gasteiger partial charge in [0.15, 0.2) is 0 Å². The molecule has 0 fully saturated rings. The van der Waals surface area contributed by atoms with Crippen molar-refractivity contribution < 1.29 is 4.79 Å². The molecule has 0 atom stereocenters. The molecule has 0 spiro atoms. The summed E-state index contributed by atoms with van der Waals surface area (Å²) in [7, 11) is 0. The number of unbranched alkanes of at least 4 members (excludes halogenated alkanes) is 14. The van der Waals surface area contributed by atoms with Gasteiger partial charge in [0.05, 0.1) is 0 Å². The molecule has 1 nitrogen and oxygen atoms in total. The monoisotopic (exact) mass is 266 g/mol. The van der Waals surface area contributed by atoms with E-state index in [0.717, 1.165) is 12.8 Å². The van der Waals surface area contributed by atoms with Crippen molar-refractivity contribution in [2.24, 2.45) is 0 Å². The summed E-state index contributed by atoms with van der Waals surface area (Å²) in [6, 6.07) is 0. The SMILES string of the molecule is CCCCCCCCCCCCCCCCC=C=O. The number of rotatable bonds is 15. The summed E-state index contributed by atoms with van der Waals surface area (Å²) >= 11 is 0. The van der Waals surface area contributed by atoms with Gasteiger partial charge in [0.25, 0.3) is 0 Å². The molecule has 0 N–H and O–H groups in total. The minimum Gasteiger partial charge on any atom is -0.234 e. The van der Waals surface area contributed by atoms with Gasteiger partial charge in [-0.25, -0.2) is 4.79 Å². The third-order valence-corrected chi connectivity index (χ3v) is 3.79. The maximum Gasteiger partial charge on any atom is 0.120 e. The summed E-state index contributed by atoms with van der Waals surface area (Å²) < 4.78 is 0. The molecule has 0 heterocycles. The molecular weight excluding hydrogens is 232 g/mol. The molecule has 0 aliphatic heterocycles. The lowest BCUT2D eigenvalue weighted by Crippen LogP contribution is -1.83. The summed E-state index contributed by atoms with van der Waals surface area (Å²) in [5.74, 6) is 1.84. The van der Waals surface area contributed by atoms with E-state index in [1.807, 2.05) is 5.94 Å². The summed E-state index contributed by atoms with van der Waals surface area (Å²) in [5.41, 5.74) is 0. The fraction of sp³-hybridized carbons (Fsp3) is 0.889. The lowest BCUT2D eigenvalue weighted by atomic mass is 10.0. The normalized spacial score (nSPS) is 10.4. The highest BCUT2D eigenvalue weighted by Gasteiger charge is 1.93. The average molecular weight is 266 g/mol. The fourth-order valence-corrected chi connectivity index (χ4v) is 2.50. The quantitative estimate of drug-likeness (QED) is 0.253. The van der Waals surface area contributed by atoms with Crippen LogP contribution < -0.4 is 0 Å². The van der Waals surface area contributed by atoms with Crippen molar-refractivity contribution in [3.05, 3.63) is 6.08 Å². The molecule has 112 valence electrons. The maximum absolute atomic E-state index is 9.96. The Bertz CT molecular complexity index is 204. The summed E-state index contributed by atoms with van der Waals surface area (Å²) in [6.07, 6.45) is 21.9. The number of allylic oxidation sites excluding steroid dienone is 1. The molecular formula is C18H34O. The zero-order chi connectivity index (χ0) is 14.0. The van der Waals surface area contributed by atoms with Crippen molar-refractivity contribution in [3.8, 4) is 0 Å². The molecule has 0 amide bonds. The Morgan fingerprint density at radius 1 is 0.632 bits per heavy atom. The standard InChI is InChI=1S/C18H34O/c1-2-3-4-5-6-7-8-9-10-11-12-13-14-15-16-17-18-19/h17H,2-16H2,1H3. The van der Waals surface area contributed by atoms with Crippen LogP contribution in [0.25, 0.3) is 0 Å². The Morgan fingerprint density at radius 3 is 1.37 bits per heavy atom. The van der Waals surface area contributed by atoms with Gasteiger partial charge in [-0.3, -0.25) is 0 Å². The van der Waals surface area contributed by atoms with E-state index in [0.29, 0.717) is 0 Å². The highest BCUT2D eigenvalue weighted by atomic mass is 16.1. The van der Waals surface area contributed by atoms with Gasteiger partial charge in [0.1, 0.15) is 5.94 Å². The highest BCUT2D eigenvalue weighted by Crippen LogP contribution is 2.13. The first kappa shape index (κ1) is 18.4. The molecule has 0 aromatic heterocycles. The predicted molar refractivity (Wildman–Crippen MR) is 85.2 cm³/mol. The second-order valence-corrected chi connectivity index (χ2v) is 5.71. The van der Waals surface area contributed by atoms with Crippen LogP contribution in [0.5, 0.6) is 0 Å². The Labute approximate surface area is 120 Å². The fourth-order valence-electron chi connectivity index (χ4n) is 2.50. The first-order valence-electron chi connectivity index (χ1n) is 8.61. The molecule has 1 heteroatoms. The molecule has 0 aromatic carbocycles. The predicted octanol–water partition coefficient (Wildman–Crippen LogP) is 6.25. The van der Waals surface area contributed by atoms with Gasteiger partial charge in [-0.05, 0) is 18.9 Å². The third kappa shape index (κ3) is 17.4. The van der Waals surface area contributed by atoms with E-state index in [9.17, 15) is 4.79 Å². The Hall–Kier alpha value is -0.550. The smallest absolute Gasteiger partial charge is 0.120 e. The van der Waals surface area contributed by atoms with Gasteiger partial charge in [-0.1, -0.05) is 90.4 Å². The third-order valence-electron chi connectivity index (χ3n) is 3.79. The van der Waals surface area contributed by atoms with Crippen LogP contribution in [-0.2, 0) is 4.79 Å². The summed E-state index contributed by atoms with van der Waals surface area (Å²) in [4.78, 5) is 9.96. The lowest BCUT2D eigenvalue weighted by Gasteiger charge is -2.02. The second kappa shape index (κ2) is 17.4. The first-order chi connectivity index (χ1) is 9.41. The van der Waals surface area contributed by atoms with E-state index in [-0.39, 0.29) is 0 Å². The zero-order valence-electron chi connectivity index (χ0n) is 13.1. The molecule has 0 rings (SSSR count). The second-order valence-electron chi connectivity index (χ2n) is 5.71. The molecule has 0 saturated heterocycles. The zero-order valence-corrected chi connectivity index (χ0v) is 13.1. The maximum atomic E-state index is 9.96. The Balaban J connectivity index is 2.93.